The van der Waals surface area contributed by atoms with Crippen LogP contribution in [0.4, 0.5) is 11.4 Å². The number of carboxylic acid groups (broad SMARTS) is 1. The fourth-order valence-corrected chi connectivity index (χ4v) is 5.47. The van der Waals surface area contributed by atoms with Crippen molar-refractivity contribution in [3.05, 3.63) is 38.7 Å². The summed E-state index contributed by atoms with van der Waals surface area (Å²) in [5, 5.41) is 23.2. The third-order valence-corrected chi connectivity index (χ3v) is 9.45. The van der Waals surface area contributed by atoms with Gasteiger partial charge in [-0.1, -0.05) is 0 Å². The number of carbonyl (C=O) groups excluding carboxylic acids is 2. The number of aliphatic hydroxyl groups is 1. The van der Waals surface area contributed by atoms with Crippen LogP contribution in [-0.4, -0.2) is 165 Å². The lowest BCUT2D eigenvalue weighted by Gasteiger charge is -2.33. The van der Waals surface area contributed by atoms with Gasteiger partial charge in [-0.05, 0) is 6.92 Å². The Morgan fingerprint density at radius 1 is 0.898 bits per heavy atom. The lowest BCUT2D eigenvalue weighted by atomic mass is 10.2. The normalized spacial score (nSPS) is 17.8. The van der Waals surface area contributed by atoms with E-state index in [0.29, 0.717) is 90.5 Å². The zero-order valence-corrected chi connectivity index (χ0v) is 28.2. The molecule has 1 aliphatic heterocycles. The van der Waals surface area contributed by atoms with E-state index in [1.165, 1.54) is 17.1 Å². The number of anilines is 2. The van der Waals surface area contributed by atoms with E-state index in [2.05, 4.69) is 20.5 Å². The summed E-state index contributed by atoms with van der Waals surface area (Å²) < 4.78 is 22.7. The van der Waals surface area contributed by atoms with E-state index in [4.69, 9.17) is 9.47 Å². The molecule has 1 aromatic heterocycles. The quantitative estimate of drug-likeness (QED) is 0.0481. The number of hydrogen-bond acceptors (Lipinski definition) is 16. The van der Waals surface area contributed by atoms with Gasteiger partial charge in [0.05, 0.1) is 25.1 Å². The van der Waals surface area contributed by atoms with E-state index in [1.807, 2.05) is 9.80 Å². The van der Waals surface area contributed by atoms with Crippen molar-refractivity contribution in [2.75, 3.05) is 103 Å². The molecule has 1 fully saturated rings. The van der Waals surface area contributed by atoms with Crippen molar-refractivity contribution in [3.8, 4) is 0 Å². The Bertz CT molecular complexity index is 1490. The van der Waals surface area contributed by atoms with Crippen LogP contribution < -0.4 is 21.5 Å². The number of hydrogen-bond donors (Lipinski definition) is 6. The van der Waals surface area contributed by atoms with Gasteiger partial charge >= 0.3 is 13.6 Å². The van der Waals surface area contributed by atoms with Gasteiger partial charge in [0.25, 0.3) is 23.8 Å². The van der Waals surface area contributed by atoms with Crippen LogP contribution in [0.15, 0.2) is 22.1 Å². The first-order valence-electron chi connectivity index (χ1n) is 15.6. The Morgan fingerprint density at radius 2 is 1.39 bits per heavy atom. The summed E-state index contributed by atoms with van der Waals surface area (Å²) in [5.74, 6) is -0.977. The summed E-state index contributed by atoms with van der Waals surface area (Å²) in [7, 11) is -4.77. The Hall–Kier alpha value is -3.75. The van der Waals surface area contributed by atoms with Crippen LogP contribution in [0.1, 0.15) is 12.6 Å². The summed E-state index contributed by atoms with van der Waals surface area (Å²) in [6, 6.07) is 0. The lowest BCUT2D eigenvalue weighted by molar-refractivity contribution is -0.138. The largest absolute Gasteiger partial charge is 0.480 e. The number of aliphatic carboxylic acids is 1. The Morgan fingerprint density at radius 3 is 1.88 bits per heavy atom. The molecule has 274 valence electrons. The molecule has 3 rings (SSSR count). The number of ether oxygens (including phenoxy) is 2. The molecule has 2 heterocycles. The standard InChI is InChI=1S/C28H45N8O12P/c1-28(43,49(44,45)46)16-36-14-22(31-17-36)2-3-29-24-25(27(42)26(24)41)30-4-5-32-6-8-33(15-23(39)40)9-11-35(19-48-21-38)13-12-34(10-7-32)18-47-20-37/h14,17,20-21,29-30,43H,2-13,15-16,18-19H2,1H3,(H,39,40)(H2,44,45,46). The van der Waals surface area contributed by atoms with Crippen LogP contribution in [-0.2, 0) is 41.4 Å². The van der Waals surface area contributed by atoms with Crippen molar-refractivity contribution >= 4 is 37.9 Å². The summed E-state index contributed by atoms with van der Waals surface area (Å²) in [4.78, 5) is 88.3. The van der Waals surface area contributed by atoms with Crippen LogP contribution >= 0.6 is 7.60 Å². The summed E-state index contributed by atoms with van der Waals surface area (Å²) in [6.45, 7) is 5.94. The van der Waals surface area contributed by atoms with E-state index in [0.717, 1.165) is 6.92 Å². The van der Waals surface area contributed by atoms with Crippen molar-refractivity contribution < 1.29 is 48.4 Å². The van der Waals surface area contributed by atoms with Crippen LogP contribution in [0, 0.1) is 0 Å². The molecule has 1 aromatic carbocycles. The lowest BCUT2D eigenvalue weighted by Crippen LogP contribution is -2.48. The summed E-state index contributed by atoms with van der Waals surface area (Å²) in [5.41, 5.74) is -0.513. The molecule has 1 saturated heterocycles. The second-order valence-electron chi connectivity index (χ2n) is 11.8. The molecule has 0 bridgehead atoms. The highest BCUT2D eigenvalue weighted by Crippen LogP contribution is 2.49. The molecule has 0 aliphatic carbocycles. The second kappa shape index (κ2) is 18.9. The van der Waals surface area contributed by atoms with Crippen molar-refractivity contribution in [1.82, 2.24) is 29.2 Å². The first-order valence-corrected chi connectivity index (χ1v) is 17.2. The molecule has 1 atom stereocenters. The minimum absolute atomic E-state index is 0.0366. The monoisotopic (exact) mass is 716 g/mol. The number of carbonyl (C=O) groups is 3. The van der Waals surface area contributed by atoms with E-state index >= 15 is 0 Å². The molecular weight excluding hydrogens is 671 g/mol. The van der Waals surface area contributed by atoms with Gasteiger partial charge in [-0.25, -0.2) is 4.98 Å². The molecule has 0 radical (unpaired) electrons. The van der Waals surface area contributed by atoms with Crippen LogP contribution in [0.25, 0.3) is 0 Å². The number of imidazole rings is 1. The first kappa shape index (κ1) is 39.7. The van der Waals surface area contributed by atoms with Gasteiger partial charge in [0.15, 0.2) is 5.34 Å². The van der Waals surface area contributed by atoms with E-state index in [1.54, 1.807) is 4.90 Å². The van der Waals surface area contributed by atoms with Gasteiger partial charge in [-0.2, -0.15) is 0 Å². The molecule has 0 amide bonds. The molecule has 2 aromatic rings. The molecule has 0 saturated carbocycles. The SMILES string of the molecule is CC(O)(Cn1cnc(CCNc2c(NCCN3CCN(COC=O)CCN(COC=O)CCN(CC(=O)O)CC3)c(=O)c2=O)c1)P(=O)(O)O. The van der Waals surface area contributed by atoms with Crippen LogP contribution in [0.5, 0.6) is 0 Å². The number of nitrogens with zero attached hydrogens (tertiary/aromatic N) is 6. The topological polar surface area (TPSA) is 257 Å². The Kier molecular flexibility index (Phi) is 15.3. The van der Waals surface area contributed by atoms with Crippen molar-refractivity contribution in [2.45, 2.75) is 25.2 Å². The zero-order chi connectivity index (χ0) is 36.0. The van der Waals surface area contributed by atoms with E-state index in [-0.39, 0.29) is 44.5 Å². The maximum absolute atomic E-state index is 12.4. The van der Waals surface area contributed by atoms with Gasteiger partial charge in [0.2, 0.25) is 0 Å². The molecule has 0 spiro atoms. The average molecular weight is 717 g/mol. The number of aromatic nitrogens is 2. The van der Waals surface area contributed by atoms with Gasteiger partial charge in [0, 0.05) is 84.6 Å². The van der Waals surface area contributed by atoms with Crippen LogP contribution in [0.3, 0.4) is 0 Å². The molecule has 21 heteroatoms. The molecule has 20 nitrogen and oxygen atoms in total. The minimum atomic E-state index is -4.77. The Labute approximate surface area is 282 Å². The fourth-order valence-electron chi connectivity index (χ4n) is 5.12. The molecule has 6 N–H and O–H groups in total. The maximum atomic E-state index is 12.4. The van der Waals surface area contributed by atoms with Crippen molar-refractivity contribution in [1.29, 1.82) is 0 Å². The average Bonchev–Trinajstić information content (AvgIpc) is 3.48. The van der Waals surface area contributed by atoms with E-state index < -0.39 is 29.8 Å². The Balaban J connectivity index is 1.58. The maximum Gasteiger partial charge on any atom is 0.358 e. The molecule has 49 heavy (non-hydrogen) atoms. The number of carboxylic acids is 1. The molecular formula is C28H45N8O12P. The number of rotatable bonds is 19. The molecule has 1 unspecified atom stereocenters. The van der Waals surface area contributed by atoms with Gasteiger partial charge < -0.3 is 44.7 Å². The second-order valence-corrected chi connectivity index (χ2v) is 13.9. The highest BCUT2D eigenvalue weighted by molar-refractivity contribution is 7.53. The fraction of sp³-hybridized carbons (Fsp3) is 0.643. The highest BCUT2D eigenvalue weighted by Gasteiger charge is 2.40. The molecule has 1 aliphatic rings. The van der Waals surface area contributed by atoms with Gasteiger partial charge in [-0.15, -0.1) is 0 Å². The third kappa shape index (κ3) is 12.6. The van der Waals surface area contributed by atoms with Crippen LogP contribution in [0.2, 0.25) is 0 Å². The predicted molar refractivity (Wildman–Crippen MR) is 175 cm³/mol. The minimum Gasteiger partial charge on any atom is -0.480 e. The first-order chi connectivity index (χ1) is 23.2. The van der Waals surface area contributed by atoms with E-state index in [9.17, 15) is 48.5 Å². The smallest absolute Gasteiger partial charge is 0.358 e. The predicted octanol–water partition coefficient (Wildman–Crippen LogP) is -3.00. The highest BCUT2D eigenvalue weighted by atomic mass is 31.2. The summed E-state index contributed by atoms with van der Waals surface area (Å²) in [6.07, 6.45) is 3.17. The van der Waals surface area contributed by atoms with Gasteiger partial charge in [0.1, 0.15) is 24.8 Å². The summed E-state index contributed by atoms with van der Waals surface area (Å²) >= 11 is 0. The van der Waals surface area contributed by atoms with Crippen molar-refractivity contribution in [3.63, 3.8) is 0 Å². The van der Waals surface area contributed by atoms with Crippen molar-refractivity contribution in [2.24, 2.45) is 0 Å². The number of nitrogens with one attached hydrogen (secondary N) is 2. The zero-order valence-electron chi connectivity index (χ0n) is 27.3. The van der Waals surface area contributed by atoms with Gasteiger partial charge in [-0.3, -0.25) is 48.1 Å². The third-order valence-electron chi connectivity index (χ3n) is 8.06.